The lowest BCUT2D eigenvalue weighted by atomic mass is 10.1. The van der Waals surface area contributed by atoms with Crippen LogP contribution in [-0.4, -0.2) is 40.6 Å². The third kappa shape index (κ3) is 3.20. The average molecular weight is 245 g/mol. The molecule has 1 N–H and O–H groups in total. The van der Waals surface area contributed by atoms with Crippen molar-refractivity contribution in [2.24, 2.45) is 7.05 Å². The lowest BCUT2D eigenvalue weighted by molar-refractivity contribution is 0.184. The zero-order valence-corrected chi connectivity index (χ0v) is 10.8. The first kappa shape index (κ1) is 13.5. The highest BCUT2D eigenvalue weighted by atomic mass is 35.5. The zero-order valence-electron chi connectivity index (χ0n) is 10.0. The lowest BCUT2D eigenvalue weighted by Gasteiger charge is -2.32. The van der Waals surface area contributed by atoms with E-state index in [0.29, 0.717) is 6.04 Å². The quantitative estimate of drug-likeness (QED) is 0.862. The molecule has 1 unspecified atom stereocenters. The van der Waals surface area contributed by atoms with Gasteiger partial charge in [0.1, 0.15) is 0 Å². The van der Waals surface area contributed by atoms with Crippen molar-refractivity contribution in [2.75, 3.05) is 20.1 Å². The van der Waals surface area contributed by atoms with E-state index in [4.69, 9.17) is 0 Å². The Hall–Kier alpha value is -0.580. The van der Waals surface area contributed by atoms with Crippen molar-refractivity contribution in [1.82, 2.24) is 19.8 Å². The van der Waals surface area contributed by atoms with Crippen LogP contribution in [0.2, 0.25) is 0 Å². The Kier molecular flexibility index (Phi) is 5.25. The Morgan fingerprint density at radius 3 is 3.00 bits per heavy atom. The summed E-state index contributed by atoms with van der Waals surface area (Å²) in [6.07, 6.45) is 6.43. The van der Waals surface area contributed by atoms with Crippen molar-refractivity contribution in [2.45, 2.75) is 25.4 Å². The number of hydrogen-bond acceptors (Lipinski definition) is 3. The van der Waals surface area contributed by atoms with Crippen molar-refractivity contribution in [3.05, 3.63) is 18.2 Å². The molecule has 5 heteroatoms. The Labute approximate surface area is 103 Å². The summed E-state index contributed by atoms with van der Waals surface area (Å²) in [6.45, 7) is 3.39. The Bertz CT molecular complexity index is 313. The van der Waals surface area contributed by atoms with Gasteiger partial charge in [0.15, 0.2) is 0 Å². The zero-order chi connectivity index (χ0) is 10.7. The van der Waals surface area contributed by atoms with Gasteiger partial charge in [-0.2, -0.15) is 0 Å². The number of hydrogen-bond donors (Lipinski definition) is 1. The van der Waals surface area contributed by atoms with E-state index in [1.54, 1.807) is 0 Å². The fourth-order valence-corrected chi connectivity index (χ4v) is 2.20. The SMILES string of the molecule is CNC1CCCN(Cc2cncn2C)C1.Cl. The first-order chi connectivity index (χ1) is 7.29. The molecule has 2 heterocycles. The second kappa shape index (κ2) is 6.23. The van der Waals surface area contributed by atoms with E-state index in [-0.39, 0.29) is 12.4 Å². The number of likely N-dealkylation sites (tertiary alicyclic amines) is 1. The minimum atomic E-state index is 0. The predicted molar refractivity (Wildman–Crippen MR) is 67.8 cm³/mol. The molecule has 1 aliphatic rings. The van der Waals surface area contributed by atoms with Gasteiger partial charge in [-0.15, -0.1) is 12.4 Å². The number of aryl methyl sites for hydroxylation is 1. The van der Waals surface area contributed by atoms with E-state index in [0.717, 1.165) is 13.1 Å². The van der Waals surface area contributed by atoms with Crippen LogP contribution in [0.3, 0.4) is 0 Å². The summed E-state index contributed by atoms with van der Waals surface area (Å²) in [7, 11) is 4.11. The molecule has 92 valence electrons. The molecule has 0 aliphatic carbocycles. The molecule has 0 spiro atoms. The van der Waals surface area contributed by atoms with E-state index < -0.39 is 0 Å². The van der Waals surface area contributed by atoms with Gasteiger partial charge in [-0.05, 0) is 26.4 Å². The number of likely N-dealkylation sites (N-methyl/N-ethyl adjacent to an activating group) is 1. The Balaban J connectivity index is 0.00000128. The van der Waals surface area contributed by atoms with Crippen molar-refractivity contribution in [3.8, 4) is 0 Å². The summed E-state index contributed by atoms with van der Waals surface area (Å²) in [4.78, 5) is 6.65. The number of aromatic nitrogens is 2. The third-order valence-corrected chi connectivity index (χ3v) is 3.22. The van der Waals surface area contributed by atoms with Crippen LogP contribution in [0.5, 0.6) is 0 Å². The molecule has 0 radical (unpaired) electrons. The molecule has 1 aromatic rings. The highest BCUT2D eigenvalue weighted by molar-refractivity contribution is 5.85. The number of imidazole rings is 1. The normalized spacial score (nSPS) is 21.8. The van der Waals surface area contributed by atoms with Crippen molar-refractivity contribution in [1.29, 1.82) is 0 Å². The molecule has 1 aromatic heterocycles. The van der Waals surface area contributed by atoms with Gasteiger partial charge in [-0.1, -0.05) is 0 Å². The van der Waals surface area contributed by atoms with E-state index in [1.807, 2.05) is 12.5 Å². The summed E-state index contributed by atoms with van der Waals surface area (Å²) < 4.78 is 2.10. The molecule has 0 bridgehead atoms. The molecule has 0 aromatic carbocycles. The van der Waals surface area contributed by atoms with Crippen molar-refractivity contribution in [3.63, 3.8) is 0 Å². The van der Waals surface area contributed by atoms with Gasteiger partial charge in [0.25, 0.3) is 0 Å². The van der Waals surface area contributed by atoms with Crippen LogP contribution < -0.4 is 5.32 Å². The lowest BCUT2D eigenvalue weighted by Crippen LogP contribution is -2.44. The van der Waals surface area contributed by atoms with E-state index >= 15 is 0 Å². The number of rotatable bonds is 3. The largest absolute Gasteiger partial charge is 0.337 e. The third-order valence-electron chi connectivity index (χ3n) is 3.22. The molecule has 4 nitrogen and oxygen atoms in total. The minimum Gasteiger partial charge on any atom is -0.337 e. The molecule has 1 aliphatic heterocycles. The first-order valence-corrected chi connectivity index (χ1v) is 5.64. The standard InChI is InChI=1S/C11H20N4.ClH/c1-12-10-4-3-5-15(7-10)8-11-6-13-9-14(11)2;/h6,9-10,12H,3-5,7-8H2,1-2H3;1H. The van der Waals surface area contributed by atoms with Crippen LogP contribution in [0.1, 0.15) is 18.5 Å². The summed E-state index contributed by atoms with van der Waals surface area (Å²) in [6, 6.07) is 0.659. The number of halogens is 1. The van der Waals surface area contributed by atoms with Crippen LogP contribution in [0.15, 0.2) is 12.5 Å². The van der Waals surface area contributed by atoms with Gasteiger partial charge < -0.3 is 9.88 Å². The van der Waals surface area contributed by atoms with Gasteiger partial charge in [-0.3, -0.25) is 4.90 Å². The fourth-order valence-electron chi connectivity index (χ4n) is 2.20. The van der Waals surface area contributed by atoms with Crippen LogP contribution >= 0.6 is 12.4 Å². The topological polar surface area (TPSA) is 33.1 Å². The monoisotopic (exact) mass is 244 g/mol. The molecular weight excluding hydrogens is 224 g/mol. The van der Waals surface area contributed by atoms with Crippen LogP contribution in [-0.2, 0) is 13.6 Å². The maximum absolute atomic E-state index is 4.15. The second-order valence-electron chi connectivity index (χ2n) is 4.36. The highest BCUT2D eigenvalue weighted by Gasteiger charge is 2.18. The van der Waals surface area contributed by atoms with Crippen molar-refractivity contribution < 1.29 is 0 Å². The van der Waals surface area contributed by atoms with Crippen LogP contribution in [0, 0.1) is 0 Å². The molecular formula is C11H21ClN4. The fraction of sp³-hybridized carbons (Fsp3) is 0.727. The van der Waals surface area contributed by atoms with E-state index in [1.165, 1.54) is 25.1 Å². The highest BCUT2D eigenvalue weighted by Crippen LogP contribution is 2.12. The second-order valence-corrected chi connectivity index (χ2v) is 4.36. The van der Waals surface area contributed by atoms with Gasteiger partial charge in [-0.25, -0.2) is 4.98 Å². The first-order valence-electron chi connectivity index (χ1n) is 5.64. The molecule has 2 rings (SSSR count). The minimum absolute atomic E-state index is 0. The average Bonchev–Trinajstić information content (AvgIpc) is 2.65. The molecule has 16 heavy (non-hydrogen) atoms. The molecule has 1 fully saturated rings. The number of nitrogens with one attached hydrogen (secondary N) is 1. The van der Waals surface area contributed by atoms with Gasteiger partial charge in [0.05, 0.1) is 12.0 Å². The smallest absolute Gasteiger partial charge is 0.0945 e. The van der Waals surface area contributed by atoms with E-state index in [2.05, 4.69) is 33.9 Å². The number of piperidine rings is 1. The Morgan fingerprint density at radius 1 is 1.56 bits per heavy atom. The summed E-state index contributed by atoms with van der Waals surface area (Å²) >= 11 is 0. The predicted octanol–water partition coefficient (Wildman–Crippen LogP) is 1.03. The molecule has 0 amide bonds. The maximum atomic E-state index is 4.15. The maximum Gasteiger partial charge on any atom is 0.0945 e. The molecule has 0 saturated carbocycles. The van der Waals surface area contributed by atoms with E-state index in [9.17, 15) is 0 Å². The van der Waals surface area contributed by atoms with Gasteiger partial charge in [0.2, 0.25) is 0 Å². The van der Waals surface area contributed by atoms with Crippen LogP contribution in [0.25, 0.3) is 0 Å². The van der Waals surface area contributed by atoms with Crippen LogP contribution in [0.4, 0.5) is 0 Å². The van der Waals surface area contributed by atoms with Crippen molar-refractivity contribution >= 4 is 12.4 Å². The summed E-state index contributed by atoms with van der Waals surface area (Å²) in [5.41, 5.74) is 1.30. The van der Waals surface area contributed by atoms with Gasteiger partial charge >= 0.3 is 0 Å². The Morgan fingerprint density at radius 2 is 2.38 bits per heavy atom. The number of nitrogens with zero attached hydrogens (tertiary/aromatic N) is 3. The molecule has 1 atom stereocenters. The summed E-state index contributed by atoms with van der Waals surface area (Å²) in [5.74, 6) is 0. The molecule has 1 saturated heterocycles. The van der Waals surface area contributed by atoms with Gasteiger partial charge in [0, 0.05) is 32.4 Å². The summed E-state index contributed by atoms with van der Waals surface area (Å²) in [5, 5.41) is 3.36.